The molecule has 0 fully saturated rings. The highest BCUT2D eigenvalue weighted by molar-refractivity contribution is 9.10. The molecule has 0 saturated heterocycles. The summed E-state index contributed by atoms with van der Waals surface area (Å²) in [6, 6.07) is 9.89. The zero-order valence-electron chi connectivity index (χ0n) is 20.8. The molecule has 0 bridgehead atoms. The molecule has 194 valence electrons. The number of carbonyl (C=O) groups excluding carboxylic acids is 1. The highest BCUT2D eigenvalue weighted by atomic mass is 79.9. The molecule has 0 spiro atoms. The zero-order chi connectivity index (χ0) is 26.7. The Morgan fingerprint density at radius 2 is 1.89 bits per heavy atom. The van der Waals surface area contributed by atoms with Crippen LogP contribution < -0.4 is 24.4 Å². The van der Waals surface area contributed by atoms with Gasteiger partial charge in [0, 0.05) is 20.6 Å². The van der Waals surface area contributed by atoms with Crippen LogP contribution in [0.2, 0.25) is 5.02 Å². The second kappa shape index (κ2) is 11.7. The molecule has 7 nitrogen and oxygen atoms in total. The van der Waals surface area contributed by atoms with Crippen LogP contribution in [0.5, 0.6) is 11.5 Å². The molecule has 0 N–H and O–H groups in total. The largest absolute Gasteiger partial charge is 0.496 e. The molecule has 2 aromatic carbocycles. The van der Waals surface area contributed by atoms with E-state index in [1.807, 2.05) is 25.1 Å². The average molecular weight is 606 g/mol. The van der Waals surface area contributed by atoms with Gasteiger partial charge in [0.15, 0.2) is 4.80 Å². The SMILES string of the molecule is CCCC1=C(C(=O)OCC)[C@H](c2cc(Cl)ccc2OC)n2c(s/c(=C/c3cc(Br)ccc3OC)c2=O)=N1. The lowest BCUT2D eigenvalue weighted by atomic mass is 9.93. The molecule has 0 unspecified atom stereocenters. The molecule has 2 heterocycles. The summed E-state index contributed by atoms with van der Waals surface area (Å²) >= 11 is 11.1. The van der Waals surface area contributed by atoms with Gasteiger partial charge in [-0.3, -0.25) is 9.36 Å². The lowest BCUT2D eigenvalue weighted by molar-refractivity contribution is -0.139. The maximum absolute atomic E-state index is 13.9. The number of ether oxygens (including phenoxy) is 3. The Labute approximate surface area is 231 Å². The van der Waals surface area contributed by atoms with Crippen LogP contribution in [0.15, 0.2) is 61.9 Å². The Morgan fingerprint density at radius 3 is 2.57 bits per heavy atom. The monoisotopic (exact) mass is 604 g/mol. The number of hydrogen-bond donors (Lipinski definition) is 0. The first-order valence-electron chi connectivity index (χ1n) is 11.7. The number of fused-ring (bicyclic) bond motifs is 1. The van der Waals surface area contributed by atoms with Crippen LogP contribution in [0.4, 0.5) is 0 Å². The molecule has 0 amide bonds. The molecule has 1 aliphatic heterocycles. The Hall–Kier alpha value is -2.88. The van der Waals surface area contributed by atoms with Crippen molar-refractivity contribution in [2.45, 2.75) is 32.7 Å². The second-order valence-electron chi connectivity index (χ2n) is 8.19. The zero-order valence-corrected chi connectivity index (χ0v) is 24.0. The standard InChI is InChI=1S/C27H26BrClN2O5S/c1-5-7-19-23(26(33)36-6-2)24(18-14-17(29)9-11-21(18)35-4)31-25(32)22(37-27(31)30-19)13-15-12-16(28)8-10-20(15)34-3/h8-14,24H,5-7H2,1-4H3/b22-13+/t24-/m0/s1. The molecule has 0 radical (unpaired) electrons. The van der Waals surface area contributed by atoms with Gasteiger partial charge in [-0.25, -0.2) is 9.79 Å². The van der Waals surface area contributed by atoms with Gasteiger partial charge < -0.3 is 14.2 Å². The number of allylic oxidation sites excluding steroid dienone is 1. The minimum absolute atomic E-state index is 0.189. The molecule has 10 heteroatoms. The van der Waals surface area contributed by atoms with Crippen molar-refractivity contribution >= 4 is 50.9 Å². The lowest BCUT2D eigenvalue weighted by Crippen LogP contribution is -2.40. The Morgan fingerprint density at radius 1 is 1.16 bits per heavy atom. The number of rotatable bonds is 8. The van der Waals surface area contributed by atoms with Crippen molar-refractivity contribution < 1.29 is 19.0 Å². The van der Waals surface area contributed by atoms with Crippen molar-refractivity contribution in [1.82, 2.24) is 4.57 Å². The van der Waals surface area contributed by atoms with Crippen LogP contribution in [0.1, 0.15) is 43.9 Å². The number of thiazole rings is 1. The number of aromatic nitrogens is 1. The predicted molar refractivity (Wildman–Crippen MR) is 148 cm³/mol. The summed E-state index contributed by atoms with van der Waals surface area (Å²) in [7, 11) is 3.12. The van der Waals surface area contributed by atoms with Crippen LogP contribution in [0.3, 0.4) is 0 Å². The fourth-order valence-corrected chi connectivity index (χ4v) is 5.86. The summed E-state index contributed by atoms with van der Waals surface area (Å²) in [6.07, 6.45) is 3.07. The van der Waals surface area contributed by atoms with E-state index in [1.54, 1.807) is 38.3 Å². The highest BCUT2D eigenvalue weighted by Gasteiger charge is 2.36. The summed E-state index contributed by atoms with van der Waals surface area (Å²) in [4.78, 5) is 32.5. The molecule has 1 aromatic heterocycles. The first kappa shape index (κ1) is 27.2. The van der Waals surface area contributed by atoms with Gasteiger partial charge in [0.25, 0.3) is 5.56 Å². The minimum Gasteiger partial charge on any atom is -0.496 e. The lowest BCUT2D eigenvalue weighted by Gasteiger charge is -2.27. The van der Waals surface area contributed by atoms with Crippen LogP contribution in [-0.2, 0) is 9.53 Å². The topological polar surface area (TPSA) is 79.1 Å². The molecule has 1 atom stereocenters. The number of esters is 1. The maximum atomic E-state index is 13.9. The van der Waals surface area contributed by atoms with E-state index >= 15 is 0 Å². The summed E-state index contributed by atoms with van der Waals surface area (Å²) in [6.45, 7) is 3.94. The van der Waals surface area contributed by atoms with Gasteiger partial charge >= 0.3 is 5.97 Å². The summed E-state index contributed by atoms with van der Waals surface area (Å²) < 4.78 is 19.4. The Bertz CT molecular complexity index is 1560. The van der Waals surface area contributed by atoms with E-state index < -0.39 is 12.0 Å². The predicted octanol–water partition coefficient (Wildman–Crippen LogP) is 5.01. The highest BCUT2D eigenvalue weighted by Crippen LogP contribution is 2.38. The number of methoxy groups -OCH3 is 2. The number of halogens is 2. The quantitative estimate of drug-likeness (QED) is 0.337. The maximum Gasteiger partial charge on any atom is 0.338 e. The van der Waals surface area contributed by atoms with Crippen molar-refractivity contribution in [3.63, 3.8) is 0 Å². The van der Waals surface area contributed by atoms with Gasteiger partial charge in [-0.05, 0) is 55.8 Å². The van der Waals surface area contributed by atoms with Crippen molar-refractivity contribution in [2.75, 3.05) is 20.8 Å². The van der Waals surface area contributed by atoms with Crippen LogP contribution >= 0.6 is 38.9 Å². The fraction of sp³-hybridized carbons (Fsp3) is 0.296. The number of hydrogen-bond acceptors (Lipinski definition) is 7. The first-order chi connectivity index (χ1) is 17.8. The van der Waals surface area contributed by atoms with E-state index in [2.05, 4.69) is 15.9 Å². The van der Waals surface area contributed by atoms with Gasteiger partial charge in [-0.15, -0.1) is 0 Å². The van der Waals surface area contributed by atoms with Crippen molar-refractivity contribution in [3.8, 4) is 11.5 Å². The van der Waals surface area contributed by atoms with E-state index in [1.165, 1.54) is 23.0 Å². The molecular formula is C27H26BrClN2O5S. The number of benzene rings is 2. The second-order valence-corrected chi connectivity index (χ2v) is 10.5. The van der Waals surface area contributed by atoms with Crippen molar-refractivity contribution in [1.29, 1.82) is 0 Å². The van der Waals surface area contributed by atoms with E-state index in [4.69, 9.17) is 30.8 Å². The summed E-state index contributed by atoms with van der Waals surface area (Å²) in [5.41, 5.74) is 1.91. The van der Waals surface area contributed by atoms with E-state index in [-0.39, 0.29) is 12.2 Å². The minimum atomic E-state index is -0.822. The molecule has 37 heavy (non-hydrogen) atoms. The Balaban J connectivity index is 2.07. The normalized spacial score (nSPS) is 15.3. The van der Waals surface area contributed by atoms with Crippen molar-refractivity contribution in [3.05, 3.63) is 88.0 Å². The Kier molecular flexibility index (Phi) is 8.56. The average Bonchev–Trinajstić information content (AvgIpc) is 3.18. The fourth-order valence-electron chi connectivity index (χ4n) is 4.29. The third-order valence-electron chi connectivity index (χ3n) is 5.86. The smallest absolute Gasteiger partial charge is 0.338 e. The van der Waals surface area contributed by atoms with Gasteiger partial charge in [0.05, 0.1) is 36.6 Å². The van der Waals surface area contributed by atoms with E-state index in [0.29, 0.717) is 49.1 Å². The van der Waals surface area contributed by atoms with E-state index in [9.17, 15) is 9.59 Å². The number of carbonyl (C=O) groups is 1. The molecule has 0 saturated carbocycles. The molecular weight excluding hydrogens is 580 g/mol. The van der Waals surface area contributed by atoms with Crippen LogP contribution in [0, 0.1) is 0 Å². The molecule has 4 rings (SSSR count). The van der Waals surface area contributed by atoms with Gasteiger partial charge in [0.2, 0.25) is 0 Å². The van der Waals surface area contributed by atoms with Gasteiger partial charge in [-0.2, -0.15) is 0 Å². The van der Waals surface area contributed by atoms with Crippen LogP contribution in [-0.4, -0.2) is 31.4 Å². The van der Waals surface area contributed by atoms with Crippen molar-refractivity contribution in [2.24, 2.45) is 4.99 Å². The van der Waals surface area contributed by atoms with E-state index in [0.717, 1.165) is 16.5 Å². The molecule has 1 aliphatic rings. The summed E-state index contributed by atoms with van der Waals surface area (Å²) in [5.74, 6) is 0.600. The number of nitrogens with zero attached hydrogens (tertiary/aromatic N) is 2. The molecule has 3 aromatic rings. The third kappa shape index (κ3) is 5.39. The van der Waals surface area contributed by atoms with Gasteiger partial charge in [0.1, 0.15) is 17.5 Å². The summed E-state index contributed by atoms with van der Waals surface area (Å²) in [5, 5.41) is 0.453. The van der Waals surface area contributed by atoms with Gasteiger partial charge in [-0.1, -0.05) is 52.2 Å². The third-order valence-corrected chi connectivity index (χ3v) is 7.57. The first-order valence-corrected chi connectivity index (χ1v) is 13.7. The molecule has 0 aliphatic carbocycles. The van der Waals surface area contributed by atoms with Crippen LogP contribution in [0.25, 0.3) is 6.08 Å².